The number of carbonyl (C=O) groups is 4. The molecule has 2 saturated heterocycles. The average molecular weight is 408 g/mol. The average Bonchev–Trinajstić information content (AvgIpc) is 3.56. The molecule has 0 aromatic heterocycles. The number of hydrogen-bond acceptors (Lipinski definition) is 4. The minimum Gasteiger partial charge on any atom is -0.282 e. The van der Waals surface area contributed by atoms with Crippen molar-refractivity contribution in [2.24, 2.45) is 47.3 Å². The molecule has 0 radical (unpaired) electrons. The number of amides is 4. The second-order valence-electron chi connectivity index (χ2n) is 10.1. The van der Waals surface area contributed by atoms with Gasteiger partial charge in [0, 0.05) is 13.1 Å². The van der Waals surface area contributed by atoms with Gasteiger partial charge in [0.2, 0.25) is 23.6 Å². The zero-order valence-electron chi connectivity index (χ0n) is 17.1. The second-order valence-corrected chi connectivity index (χ2v) is 10.1. The van der Waals surface area contributed by atoms with Gasteiger partial charge in [0.05, 0.1) is 23.7 Å². The van der Waals surface area contributed by atoms with Gasteiger partial charge in [-0.3, -0.25) is 29.0 Å². The quantitative estimate of drug-likeness (QED) is 0.368. The van der Waals surface area contributed by atoms with E-state index in [0.29, 0.717) is 13.1 Å². The molecule has 0 N–H and O–H groups in total. The molecule has 6 aliphatic rings. The molecule has 4 aliphatic carbocycles. The summed E-state index contributed by atoms with van der Waals surface area (Å²) in [6.45, 7) is 1.01. The summed E-state index contributed by atoms with van der Waals surface area (Å²) in [4.78, 5) is 53.8. The summed E-state index contributed by atoms with van der Waals surface area (Å²) < 4.78 is 0. The molecule has 0 aromatic rings. The molecule has 4 fully saturated rings. The molecular formula is C24H28N2O4. The molecule has 2 heterocycles. The lowest BCUT2D eigenvalue weighted by Gasteiger charge is -2.18. The number of nitrogens with zero attached hydrogens (tertiary/aromatic N) is 2. The van der Waals surface area contributed by atoms with Crippen molar-refractivity contribution >= 4 is 23.6 Å². The van der Waals surface area contributed by atoms with E-state index >= 15 is 0 Å². The van der Waals surface area contributed by atoms with E-state index in [2.05, 4.69) is 24.3 Å². The molecular weight excluding hydrogens is 380 g/mol. The molecule has 158 valence electrons. The van der Waals surface area contributed by atoms with Crippen LogP contribution in [0.1, 0.15) is 38.5 Å². The van der Waals surface area contributed by atoms with Gasteiger partial charge in [0.1, 0.15) is 0 Å². The maximum Gasteiger partial charge on any atom is 0.233 e. The van der Waals surface area contributed by atoms with Gasteiger partial charge in [0.25, 0.3) is 0 Å². The van der Waals surface area contributed by atoms with Crippen LogP contribution in [0, 0.1) is 47.3 Å². The highest BCUT2D eigenvalue weighted by atomic mass is 16.2. The van der Waals surface area contributed by atoms with Crippen molar-refractivity contribution < 1.29 is 19.2 Å². The molecule has 8 atom stereocenters. The molecule has 0 aromatic carbocycles. The van der Waals surface area contributed by atoms with Crippen LogP contribution in [0.3, 0.4) is 0 Å². The number of rotatable bonds is 7. The van der Waals surface area contributed by atoms with Crippen LogP contribution in [0.4, 0.5) is 0 Å². The van der Waals surface area contributed by atoms with Crippen LogP contribution in [0.25, 0.3) is 0 Å². The standard InChI is InChI=1S/C24H28N2O4/c27-21-17-13-5-6-14(11-13)18(17)22(28)25(21)9-3-1-2-4-10-26-23(29)19-15-7-8-16(12-15)20(19)24(26)30/h5-8,13-20H,1-4,9-12H2/t13-,14-,15-,16-,17-,18+,19-,20+/m0/s1. The maximum absolute atomic E-state index is 12.7. The molecule has 6 nitrogen and oxygen atoms in total. The van der Waals surface area contributed by atoms with E-state index in [9.17, 15) is 19.2 Å². The summed E-state index contributed by atoms with van der Waals surface area (Å²) in [5.74, 6) is 0.762. The Bertz CT molecular complexity index is 760. The van der Waals surface area contributed by atoms with Crippen LogP contribution >= 0.6 is 0 Å². The third-order valence-electron chi connectivity index (χ3n) is 8.64. The zero-order valence-corrected chi connectivity index (χ0v) is 17.1. The van der Waals surface area contributed by atoms with Crippen molar-refractivity contribution in [1.29, 1.82) is 0 Å². The number of carbonyl (C=O) groups excluding carboxylic acids is 4. The lowest BCUT2D eigenvalue weighted by Crippen LogP contribution is -2.34. The first-order valence-corrected chi connectivity index (χ1v) is 11.6. The van der Waals surface area contributed by atoms with E-state index < -0.39 is 0 Å². The van der Waals surface area contributed by atoms with Crippen LogP contribution in [0.15, 0.2) is 24.3 Å². The van der Waals surface area contributed by atoms with Gasteiger partial charge < -0.3 is 0 Å². The summed E-state index contributed by atoms with van der Waals surface area (Å²) in [5.41, 5.74) is 0. The maximum atomic E-state index is 12.7. The Kier molecular flexibility index (Phi) is 4.09. The van der Waals surface area contributed by atoms with E-state index in [4.69, 9.17) is 0 Å². The van der Waals surface area contributed by atoms with Gasteiger partial charge in [-0.15, -0.1) is 0 Å². The molecule has 4 amide bonds. The minimum atomic E-state index is -0.107. The number of allylic oxidation sites excluding steroid dienone is 4. The Hall–Kier alpha value is -2.24. The second kappa shape index (κ2) is 6.63. The predicted octanol–water partition coefficient (Wildman–Crippen LogP) is 2.16. The summed E-state index contributed by atoms with van der Waals surface area (Å²) >= 11 is 0. The highest BCUT2D eigenvalue weighted by Crippen LogP contribution is 2.53. The number of fused-ring (bicyclic) bond motifs is 10. The monoisotopic (exact) mass is 408 g/mol. The number of imide groups is 2. The van der Waals surface area contributed by atoms with Gasteiger partial charge in [-0.05, 0) is 49.4 Å². The Morgan fingerprint density at radius 3 is 1.13 bits per heavy atom. The highest BCUT2D eigenvalue weighted by Gasteiger charge is 2.60. The fraction of sp³-hybridized carbons (Fsp3) is 0.667. The summed E-state index contributed by atoms with van der Waals surface area (Å²) in [7, 11) is 0. The topological polar surface area (TPSA) is 74.8 Å². The van der Waals surface area contributed by atoms with Crippen molar-refractivity contribution in [3.63, 3.8) is 0 Å². The third-order valence-corrected chi connectivity index (χ3v) is 8.64. The fourth-order valence-electron chi connectivity index (χ4n) is 7.26. The Balaban J connectivity index is 0.954. The Labute approximate surface area is 176 Å². The van der Waals surface area contributed by atoms with Crippen LogP contribution in [-0.2, 0) is 19.2 Å². The van der Waals surface area contributed by atoms with Crippen LogP contribution in [-0.4, -0.2) is 46.5 Å². The van der Waals surface area contributed by atoms with E-state index in [1.807, 2.05) is 0 Å². The summed E-state index contributed by atoms with van der Waals surface area (Å²) in [5, 5.41) is 0. The lowest BCUT2D eigenvalue weighted by molar-refractivity contribution is -0.142. The van der Waals surface area contributed by atoms with E-state index in [1.165, 1.54) is 9.80 Å². The normalized spacial score (nSPS) is 42.4. The number of hydrogen-bond donors (Lipinski definition) is 0. The SMILES string of the molecule is O=C1[C@@H]2[C@H](C(=O)N1CCCCCCN1C(=O)[C@@H]3[C@H](C1=O)[C@H]1C=C[C@H]3C1)[C@H]1C=C[C@H]2C1. The largest absolute Gasteiger partial charge is 0.282 e. The lowest BCUT2D eigenvalue weighted by atomic mass is 9.85. The van der Waals surface area contributed by atoms with Crippen molar-refractivity contribution in [1.82, 2.24) is 9.80 Å². The first-order valence-electron chi connectivity index (χ1n) is 11.6. The van der Waals surface area contributed by atoms with Crippen molar-refractivity contribution in [2.75, 3.05) is 13.1 Å². The zero-order chi connectivity index (χ0) is 20.6. The molecule has 6 rings (SSSR count). The molecule has 6 heteroatoms. The fourth-order valence-corrected chi connectivity index (χ4v) is 7.26. The minimum absolute atomic E-state index is 0.0323. The molecule has 4 bridgehead atoms. The smallest absolute Gasteiger partial charge is 0.233 e. The van der Waals surface area contributed by atoms with E-state index in [1.54, 1.807) is 0 Å². The number of unbranched alkanes of at least 4 members (excludes halogenated alkanes) is 3. The summed E-state index contributed by atoms with van der Waals surface area (Å²) in [6.07, 6.45) is 13.8. The first-order chi connectivity index (χ1) is 14.6. The number of likely N-dealkylation sites (tertiary alicyclic amines) is 2. The molecule has 0 spiro atoms. The highest BCUT2D eigenvalue weighted by molar-refractivity contribution is 6.07. The van der Waals surface area contributed by atoms with Gasteiger partial charge in [0.15, 0.2) is 0 Å². The van der Waals surface area contributed by atoms with E-state index in [0.717, 1.165) is 38.5 Å². The molecule has 30 heavy (non-hydrogen) atoms. The Morgan fingerprint density at radius 2 is 0.833 bits per heavy atom. The molecule has 0 unspecified atom stereocenters. The van der Waals surface area contributed by atoms with Crippen molar-refractivity contribution in [2.45, 2.75) is 38.5 Å². The molecule has 2 saturated carbocycles. The first kappa shape index (κ1) is 18.5. The van der Waals surface area contributed by atoms with E-state index in [-0.39, 0.29) is 71.0 Å². The van der Waals surface area contributed by atoms with Crippen LogP contribution in [0.5, 0.6) is 0 Å². The van der Waals surface area contributed by atoms with Gasteiger partial charge in [-0.1, -0.05) is 37.1 Å². The van der Waals surface area contributed by atoms with Crippen LogP contribution in [0.2, 0.25) is 0 Å². The summed E-state index contributed by atoms with van der Waals surface area (Å²) in [6, 6.07) is 0. The van der Waals surface area contributed by atoms with Gasteiger partial charge >= 0.3 is 0 Å². The molecule has 2 aliphatic heterocycles. The van der Waals surface area contributed by atoms with Crippen LogP contribution < -0.4 is 0 Å². The third kappa shape index (κ3) is 2.42. The van der Waals surface area contributed by atoms with Gasteiger partial charge in [-0.25, -0.2) is 0 Å². The Morgan fingerprint density at radius 1 is 0.533 bits per heavy atom. The van der Waals surface area contributed by atoms with Crippen molar-refractivity contribution in [3.05, 3.63) is 24.3 Å². The van der Waals surface area contributed by atoms with Crippen molar-refractivity contribution in [3.8, 4) is 0 Å². The predicted molar refractivity (Wildman–Crippen MR) is 107 cm³/mol. The van der Waals surface area contributed by atoms with Gasteiger partial charge in [-0.2, -0.15) is 0 Å².